The zero-order valence-corrected chi connectivity index (χ0v) is 14.0. The predicted molar refractivity (Wildman–Crippen MR) is 93.8 cm³/mol. The molecule has 0 radical (unpaired) electrons. The molecule has 0 saturated carbocycles. The van der Waals surface area contributed by atoms with Gasteiger partial charge in [0.1, 0.15) is 19.7 Å². The van der Waals surface area contributed by atoms with Gasteiger partial charge in [-0.25, -0.2) is 0 Å². The summed E-state index contributed by atoms with van der Waals surface area (Å²) in [5, 5.41) is 2.29. The first kappa shape index (κ1) is 17.1. The summed E-state index contributed by atoms with van der Waals surface area (Å²) in [6.45, 7) is 10.8. The Morgan fingerprint density at radius 1 is 0.957 bits per heavy atom. The van der Waals surface area contributed by atoms with Gasteiger partial charge in [-0.05, 0) is 32.0 Å². The largest absolute Gasteiger partial charge is 0.490 e. The van der Waals surface area contributed by atoms with Crippen molar-refractivity contribution in [3.63, 3.8) is 0 Å². The van der Waals surface area contributed by atoms with Crippen LogP contribution in [0.3, 0.4) is 0 Å². The Morgan fingerprint density at radius 2 is 1.65 bits per heavy atom. The summed E-state index contributed by atoms with van der Waals surface area (Å²) in [5.74, 6) is 1.57. The van der Waals surface area contributed by atoms with E-state index in [1.165, 1.54) is 16.7 Å². The molecule has 0 unspecified atom stereocenters. The van der Waals surface area contributed by atoms with E-state index in [9.17, 15) is 0 Å². The molecule has 122 valence electrons. The lowest BCUT2D eigenvalue weighted by Gasteiger charge is -2.12. The highest BCUT2D eigenvalue weighted by atomic mass is 16.5. The number of benzene rings is 2. The highest BCUT2D eigenvalue weighted by molar-refractivity contribution is 5.42. The second-order valence-corrected chi connectivity index (χ2v) is 5.50. The number of aryl methyl sites for hydroxylation is 1. The van der Waals surface area contributed by atoms with Gasteiger partial charge in [-0.15, -0.1) is 0 Å². The second kappa shape index (κ2) is 9.01. The van der Waals surface area contributed by atoms with Crippen molar-refractivity contribution in [2.24, 2.45) is 0 Å². The fraction of sp³-hybridized carbons (Fsp3) is 0.300. The molecule has 0 aromatic heterocycles. The molecule has 3 nitrogen and oxygen atoms in total. The van der Waals surface area contributed by atoms with Crippen LogP contribution in [-0.2, 0) is 13.1 Å². The maximum Gasteiger partial charge on any atom is 0.161 e. The Kier molecular flexibility index (Phi) is 6.70. The molecule has 3 heteroatoms. The average molecular weight is 312 g/mol. The number of quaternary nitrogens is 1. The fourth-order valence-electron chi connectivity index (χ4n) is 2.35. The van der Waals surface area contributed by atoms with Gasteiger partial charge >= 0.3 is 0 Å². The van der Waals surface area contributed by atoms with E-state index in [0.29, 0.717) is 13.2 Å². The van der Waals surface area contributed by atoms with Gasteiger partial charge in [0.25, 0.3) is 0 Å². The minimum Gasteiger partial charge on any atom is -0.490 e. The Labute approximate surface area is 138 Å². The molecule has 0 saturated heterocycles. The lowest BCUT2D eigenvalue weighted by atomic mass is 10.1. The first-order valence-corrected chi connectivity index (χ1v) is 8.09. The third-order valence-electron chi connectivity index (χ3n) is 3.55. The second-order valence-electron chi connectivity index (χ2n) is 5.50. The van der Waals surface area contributed by atoms with Crippen LogP contribution in [0, 0.1) is 6.92 Å². The van der Waals surface area contributed by atoms with Gasteiger partial charge in [-0.3, -0.25) is 0 Å². The van der Waals surface area contributed by atoms with Gasteiger partial charge in [-0.2, -0.15) is 0 Å². The Bertz CT molecular complexity index is 620. The van der Waals surface area contributed by atoms with Crippen LogP contribution in [0.2, 0.25) is 0 Å². The third-order valence-corrected chi connectivity index (χ3v) is 3.55. The summed E-state index contributed by atoms with van der Waals surface area (Å²) in [4.78, 5) is 0. The van der Waals surface area contributed by atoms with Crippen molar-refractivity contribution in [1.82, 2.24) is 0 Å². The first-order chi connectivity index (χ1) is 11.2. The van der Waals surface area contributed by atoms with Crippen LogP contribution in [0.1, 0.15) is 23.6 Å². The van der Waals surface area contributed by atoms with Gasteiger partial charge in [0, 0.05) is 11.1 Å². The first-order valence-electron chi connectivity index (χ1n) is 8.09. The molecule has 2 aromatic carbocycles. The van der Waals surface area contributed by atoms with Crippen LogP contribution in [0.5, 0.6) is 11.5 Å². The quantitative estimate of drug-likeness (QED) is 0.722. The normalized spacial score (nSPS) is 10.3. The van der Waals surface area contributed by atoms with E-state index in [4.69, 9.17) is 9.47 Å². The van der Waals surface area contributed by atoms with Crippen molar-refractivity contribution < 1.29 is 14.8 Å². The minimum atomic E-state index is 0.485. The summed E-state index contributed by atoms with van der Waals surface area (Å²) < 4.78 is 11.3. The summed E-state index contributed by atoms with van der Waals surface area (Å²) in [6, 6.07) is 14.8. The Hall–Kier alpha value is -2.26. The average Bonchev–Trinajstić information content (AvgIpc) is 2.56. The van der Waals surface area contributed by atoms with Gasteiger partial charge in [0.15, 0.2) is 11.5 Å². The molecule has 0 fully saturated rings. The number of hydrogen-bond donors (Lipinski definition) is 1. The molecule has 0 aliphatic carbocycles. The number of hydrogen-bond acceptors (Lipinski definition) is 2. The topological polar surface area (TPSA) is 35.1 Å². The molecule has 0 atom stereocenters. The van der Waals surface area contributed by atoms with Gasteiger partial charge < -0.3 is 14.8 Å². The molecule has 0 amide bonds. The van der Waals surface area contributed by atoms with E-state index in [-0.39, 0.29) is 0 Å². The number of rotatable bonds is 9. The summed E-state index contributed by atoms with van der Waals surface area (Å²) in [7, 11) is 0. The Balaban J connectivity index is 1.95. The van der Waals surface area contributed by atoms with E-state index >= 15 is 0 Å². The minimum absolute atomic E-state index is 0.485. The number of ether oxygens (including phenoxy) is 2. The van der Waals surface area contributed by atoms with E-state index in [2.05, 4.69) is 55.2 Å². The van der Waals surface area contributed by atoms with Crippen LogP contribution < -0.4 is 14.8 Å². The molecule has 2 N–H and O–H groups in total. The van der Waals surface area contributed by atoms with Crippen molar-refractivity contribution >= 4 is 0 Å². The lowest BCUT2D eigenvalue weighted by Crippen LogP contribution is -2.80. The van der Waals surface area contributed by atoms with Crippen molar-refractivity contribution in [2.45, 2.75) is 26.9 Å². The van der Waals surface area contributed by atoms with E-state index < -0.39 is 0 Å². The monoisotopic (exact) mass is 312 g/mol. The van der Waals surface area contributed by atoms with Gasteiger partial charge in [-0.1, -0.05) is 42.5 Å². The van der Waals surface area contributed by atoms with Crippen LogP contribution in [0.25, 0.3) is 0 Å². The maximum absolute atomic E-state index is 5.68. The molecule has 0 bridgehead atoms. The zero-order valence-electron chi connectivity index (χ0n) is 14.0. The molecule has 0 heterocycles. The molecule has 2 aromatic rings. The molecule has 0 spiro atoms. The van der Waals surface area contributed by atoms with Crippen LogP contribution in [0.15, 0.2) is 55.1 Å². The van der Waals surface area contributed by atoms with E-state index in [0.717, 1.165) is 24.6 Å². The third kappa shape index (κ3) is 5.46. The van der Waals surface area contributed by atoms with Gasteiger partial charge in [0.05, 0.1) is 6.61 Å². The van der Waals surface area contributed by atoms with Gasteiger partial charge in [0.2, 0.25) is 0 Å². The van der Waals surface area contributed by atoms with Crippen molar-refractivity contribution in [3.8, 4) is 11.5 Å². The number of nitrogens with two attached hydrogens (primary N) is 1. The van der Waals surface area contributed by atoms with Crippen LogP contribution >= 0.6 is 0 Å². The van der Waals surface area contributed by atoms with Crippen LogP contribution in [-0.4, -0.2) is 13.2 Å². The summed E-state index contributed by atoms with van der Waals surface area (Å²) in [6.07, 6.45) is 1.74. The van der Waals surface area contributed by atoms with Crippen LogP contribution in [0.4, 0.5) is 0 Å². The predicted octanol–water partition coefficient (Wildman–Crippen LogP) is 3.22. The highest BCUT2D eigenvalue weighted by Gasteiger charge is 2.07. The van der Waals surface area contributed by atoms with E-state index in [1.807, 2.05) is 13.0 Å². The Morgan fingerprint density at radius 3 is 2.35 bits per heavy atom. The molecule has 2 rings (SSSR count). The zero-order chi connectivity index (χ0) is 16.5. The van der Waals surface area contributed by atoms with E-state index in [1.54, 1.807) is 6.08 Å². The molecule has 23 heavy (non-hydrogen) atoms. The highest BCUT2D eigenvalue weighted by Crippen LogP contribution is 2.28. The molecule has 0 aliphatic heterocycles. The smallest absolute Gasteiger partial charge is 0.161 e. The molecule has 0 aliphatic rings. The summed E-state index contributed by atoms with van der Waals surface area (Å²) >= 11 is 0. The maximum atomic E-state index is 5.68. The SMILES string of the molecule is C=CCOc1ccc(C[NH2+]Cc2ccc(C)cc2)cc1OCC. The standard InChI is InChI=1S/C20H25NO2/c1-4-12-23-19-11-10-18(13-20(19)22-5-2)15-21-14-17-8-6-16(3)7-9-17/h4,6-11,13,21H,1,5,12,14-15H2,2-3H3/p+1. The fourth-order valence-corrected chi connectivity index (χ4v) is 2.35. The molecular formula is C20H26NO2+. The van der Waals surface area contributed by atoms with Crippen molar-refractivity contribution in [3.05, 3.63) is 71.8 Å². The summed E-state index contributed by atoms with van der Waals surface area (Å²) in [5.41, 5.74) is 3.86. The molecular weight excluding hydrogens is 286 g/mol. The lowest BCUT2D eigenvalue weighted by molar-refractivity contribution is -0.686. The van der Waals surface area contributed by atoms with Crippen molar-refractivity contribution in [2.75, 3.05) is 13.2 Å². The van der Waals surface area contributed by atoms with Crippen molar-refractivity contribution in [1.29, 1.82) is 0 Å².